The lowest BCUT2D eigenvalue weighted by Crippen LogP contribution is -2.45. The summed E-state index contributed by atoms with van der Waals surface area (Å²) in [7, 11) is 3.43. The Labute approximate surface area is 115 Å². The number of rotatable bonds is 2. The van der Waals surface area contributed by atoms with Crippen LogP contribution in [0.3, 0.4) is 0 Å². The van der Waals surface area contributed by atoms with Gasteiger partial charge in [0.1, 0.15) is 5.75 Å². The summed E-state index contributed by atoms with van der Waals surface area (Å²) in [5, 5.41) is 0. The first kappa shape index (κ1) is 13.7. The highest BCUT2D eigenvalue weighted by Crippen LogP contribution is 2.28. The zero-order chi connectivity index (χ0) is 13.8. The number of carbonyl (C=O) groups excluding carboxylic acids is 1. The summed E-state index contributed by atoms with van der Waals surface area (Å²) in [6.07, 6.45) is 2.18. The van der Waals surface area contributed by atoms with Gasteiger partial charge in [-0.25, -0.2) is 4.79 Å². The average Bonchev–Trinajstić information content (AvgIpc) is 2.46. The van der Waals surface area contributed by atoms with Crippen LogP contribution < -0.4 is 9.64 Å². The summed E-state index contributed by atoms with van der Waals surface area (Å²) in [6.45, 7) is 3.94. The van der Waals surface area contributed by atoms with Gasteiger partial charge < -0.3 is 9.64 Å². The third kappa shape index (κ3) is 3.00. The van der Waals surface area contributed by atoms with Crippen LogP contribution in [0.1, 0.15) is 19.8 Å². The van der Waals surface area contributed by atoms with E-state index in [-0.39, 0.29) is 6.03 Å². The van der Waals surface area contributed by atoms with E-state index in [0.717, 1.165) is 43.3 Å². The highest BCUT2D eigenvalue weighted by Gasteiger charge is 2.24. The van der Waals surface area contributed by atoms with Crippen molar-refractivity contribution in [3.05, 3.63) is 24.3 Å². The van der Waals surface area contributed by atoms with Crippen LogP contribution in [0.15, 0.2) is 24.3 Å². The van der Waals surface area contributed by atoms with Gasteiger partial charge in [-0.05, 0) is 30.9 Å². The summed E-state index contributed by atoms with van der Waals surface area (Å²) in [4.78, 5) is 16.1. The molecule has 0 N–H and O–H groups in total. The van der Waals surface area contributed by atoms with Gasteiger partial charge in [-0.3, -0.25) is 4.90 Å². The number of piperidine rings is 1. The van der Waals surface area contributed by atoms with Crippen molar-refractivity contribution in [2.24, 2.45) is 5.92 Å². The predicted octanol–water partition coefficient (Wildman–Crippen LogP) is 2.98. The fourth-order valence-electron chi connectivity index (χ4n) is 2.42. The Morgan fingerprint density at radius 1 is 1.32 bits per heavy atom. The van der Waals surface area contributed by atoms with Gasteiger partial charge >= 0.3 is 6.03 Å². The van der Waals surface area contributed by atoms with Crippen LogP contribution in [0.5, 0.6) is 5.75 Å². The molecule has 0 unspecified atom stereocenters. The van der Waals surface area contributed by atoms with E-state index in [1.165, 1.54) is 0 Å². The van der Waals surface area contributed by atoms with Crippen molar-refractivity contribution in [3.63, 3.8) is 0 Å². The molecule has 1 aliphatic rings. The van der Waals surface area contributed by atoms with Crippen molar-refractivity contribution < 1.29 is 9.53 Å². The lowest BCUT2D eigenvalue weighted by molar-refractivity contribution is 0.181. The van der Waals surface area contributed by atoms with Gasteiger partial charge in [0.05, 0.1) is 12.8 Å². The standard InChI is InChI=1S/C15H22N2O2/c1-12-8-10-17(11-9-12)15(18)16(2)13-6-4-5-7-14(13)19-3/h4-7,12H,8-11H2,1-3H3. The molecule has 1 heterocycles. The number of benzene rings is 1. The number of hydrogen-bond acceptors (Lipinski definition) is 2. The minimum atomic E-state index is 0.0522. The first-order chi connectivity index (χ1) is 9.13. The maximum Gasteiger partial charge on any atom is 0.324 e. The molecule has 4 nitrogen and oxygen atoms in total. The number of urea groups is 1. The van der Waals surface area contributed by atoms with Gasteiger partial charge in [0.25, 0.3) is 0 Å². The number of amides is 2. The summed E-state index contributed by atoms with van der Waals surface area (Å²) in [5.41, 5.74) is 0.814. The largest absolute Gasteiger partial charge is 0.495 e. The summed E-state index contributed by atoms with van der Waals surface area (Å²) < 4.78 is 5.31. The van der Waals surface area contributed by atoms with Gasteiger partial charge in [-0.1, -0.05) is 19.1 Å². The molecule has 0 saturated carbocycles. The van der Waals surface area contributed by atoms with E-state index in [4.69, 9.17) is 4.74 Å². The summed E-state index contributed by atoms with van der Waals surface area (Å²) >= 11 is 0. The van der Waals surface area contributed by atoms with Gasteiger partial charge in [0.15, 0.2) is 0 Å². The molecule has 0 bridgehead atoms. The van der Waals surface area contributed by atoms with Crippen LogP contribution in [0.4, 0.5) is 10.5 Å². The molecule has 1 saturated heterocycles. The average molecular weight is 262 g/mol. The van der Waals surface area contributed by atoms with Crippen molar-refractivity contribution in [1.29, 1.82) is 0 Å². The van der Waals surface area contributed by atoms with Crippen molar-refractivity contribution >= 4 is 11.7 Å². The van der Waals surface area contributed by atoms with Gasteiger partial charge in [0.2, 0.25) is 0 Å². The molecule has 0 atom stereocenters. The number of likely N-dealkylation sites (tertiary alicyclic amines) is 1. The Morgan fingerprint density at radius 2 is 1.95 bits per heavy atom. The molecule has 104 valence electrons. The third-order valence-corrected chi connectivity index (χ3v) is 3.79. The second-order valence-corrected chi connectivity index (χ2v) is 5.18. The number of carbonyl (C=O) groups is 1. The minimum absolute atomic E-state index is 0.0522. The van der Waals surface area contributed by atoms with E-state index in [2.05, 4.69) is 6.92 Å². The molecule has 1 aliphatic heterocycles. The zero-order valence-corrected chi connectivity index (χ0v) is 11.9. The Bertz CT molecular complexity index is 440. The van der Waals surface area contributed by atoms with Crippen molar-refractivity contribution in [2.75, 3.05) is 32.1 Å². The van der Waals surface area contributed by atoms with E-state index < -0.39 is 0 Å². The van der Waals surface area contributed by atoms with Crippen LogP contribution in [0.2, 0.25) is 0 Å². The van der Waals surface area contributed by atoms with Crippen molar-refractivity contribution in [3.8, 4) is 5.75 Å². The number of ether oxygens (including phenoxy) is 1. The number of hydrogen-bond donors (Lipinski definition) is 0. The number of para-hydroxylation sites is 2. The lowest BCUT2D eigenvalue weighted by atomic mass is 9.99. The van der Waals surface area contributed by atoms with Crippen LogP contribution in [-0.2, 0) is 0 Å². The van der Waals surface area contributed by atoms with E-state index in [9.17, 15) is 4.79 Å². The fraction of sp³-hybridized carbons (Fsp3) is 0.533. The summed E-state index contributed by atoms with van der Waals surface area (Å²) in [5.74, 6) is 1.45. The second-order valence-electron chi connectivity index (χ2n) is 5.18. The fourth-order valence-corrected chi connectivity index (χ4v) is 2.42. The predicted molar refractivity (Wildman–Crippen MR) is 76.8 cm³/mol. The van der Waals surface area contributed by atoms with Crippen LogP contribution in [0.25, 0.3) is 0 Å². The number of nitrogens with zero attached hydrogens (tertiary/aromatic N) is 2. The first-order valence-corrected chi connectivity index (χ1v) is 6.79. The molecule has 19 heavy (non-hydrogen) atoms. The Hall–Kier alpha value is -1.71. The zero-order valence-electron chi connectivity index (χ0n) is 11.9. The van der Waals surface area contributed by atoms with E-state index in [0.29, 0.717) is 0 Å². The molecular weight excluding hydrogens is 240 g/mol. The lowest BCUT2D eigenvalue weighted by Gasteiger charge is -2.33. The van der Waals surface area contributed by atoms with Crippen molar-refractivity contribution in [1.82, 2.24) is 4.90 Å². The topological polar surface area (TPSA) is 32.8 Å². The number of anilines is 1. The first-order valence-electron chi connectivity index (χ1n) is 6.79. The molecule has 4 heteroatoms. The molecule has 0 radical (unpaired) electrons. The quantitative estimate of drug-likeness (QED) is 0.821. The molecule has 0 aromatic heterocycles. The second kappa shape index (κ2) is 5.95. The Morgan fingerprint density at radius 3 is 2.58 bits per heavy atom. The molecule has 1 aromatic rings. The molecular formula is C15H22N2O2. The minimum Gasteiger partial charge on any atom is -0.495 e. The molecule has 2 amide bonds. The van der Waals surface area contributed by atoms with E-state index in [1.54, 1.807) is 19.1 Å². The number of methoxy groups -OCH3 is 1. The van der Waals surface area contributed by atoms with Crippen LogP contribution >= 0.6 is 0 Å². The van der Waals surface area contributed by atoms with Gasteiger partial charge in [0, 0.05) is 20.1 Å². The monoisotopic (exact) mass is 262 g/mol. The van der Waals surface area contributed by atoms with Gasteiger partial charge in [-0.2, -0.15) is 0 Å². The SMILES string of the molecule is COc1ccccc1N(C)C(=O)N1CCC(C)CC1. The molecule has 0 aliphatic carbocycles. The van der Waals surface area contributed by atoms with Crippen LogP contribution in [0, 0.1) is 5.92 Å². The Balaban J connectivity index is 2.10. The molecule has 2 rings (SSSR count). The van der Waals surface area contributed by atoms with Crippen LogP contribution in [-0.4, -0.2) is 38.2 Å². The van der Waals surface area contributed by atoms with E-state index >= 15 is 0 Å². The molecule has 1 fully saturated rings. The Kier molecular flexibility index (Phi) is 4.30. The maximum absolute atomic E-state index is 12.5. The molecule has 0 spiro atoms. The normalized spacial score (nSPS) is 16.3. The van der Waals surface area contributed by atoms with Crippen molar-refractivity contribution in [2.45, 2.75) is 19.8 Å². The highest BCUT2D eigenvalue weighted by atomic mass is 16.5. The maximum atomic E-state index is 12.5. The smallest absolute Gasteiger partial charge is 0.324 e. The van der Waals surface area contributed by atoms with E-state index in [1.807, 2.05) is 29.2 Å². The van der Waals surface area contributed by atoms with Gasteiger partial charge in [-0.15, -0.1) is 0 Å². The highest BCUT2D eigenvalue weighted by molar-refractivity contribution is 5.93. The molecule has 1 aromatic carbocycles. The third-order valence-electron chi connectivity index (χ3n) is 3.79. The summed E-state index contributed by atoms with van der Waals surface area (Å²) in [6, 6.07) is 7.65.